The van der Waals surface area contributed by atoms with Gasteiger partial charge in [-0.15, -0.1) is 0 Å². The second-order valence-electron chi connectivity index (χ2n) is 7.90. The molecule has 0 saturated heterocycles. The molecule has 5 rings (SSSR count). The molecule has 7 nitrogen and oxygen atoms in total. The van der Waals surface area contributed by atoms with E-state index in [1.807, 2.05) is 24.3 Å². The summed E-state index contributed by atoms with van der Waals surface area (Å²) in [6, 6.07) is 24.8. The van der Waals surface area contributed by atoms with E-state index < -0.39 is 16.0 Å². The van der Waals surface area contributed by atoms with Crippen molar-refractivity contribution in [2.24, 2.45) is 4.40 Å². The lowest BCUT2D eigenvalue weighted by Gasteiger charge is -2.19. The van der Waals surface area contributed by atoms with E-state index in [0.717, 1.165) is 10.8 Å². The highest BCUT2D eigenvalue weighted by Gasteiger charge is 2.26. The number of aromatic carboxylic acids is 1. The first kappa shape index (κ1) is 22.2. The van der Waals surface area contributed by atoms with E-state index in [-0.39, 0.29) is 27.7 Å². The molecule has 35 heavy (non-hydrogen) atoms. The van der Waals surface area contributed by atoms with Crippen molar-refractivity contribution in [1.82, 2.24) is 0 Å². The van der Waals surface area contributed by atoms with E-state index in [1.165, 1.54) is 24.3 Å². The summed E-state index contributed by atoms with van der Waals surface area (Å²) in [6.07, 6.45) is 1.37. The van der Waals surface area contributed by atoms with Crippen LogP contribution in [0.4, 0.5) is 5.69 Å². The van der Waals surface area contributed by atoms with Crippen LogP contribution in [0.2, 0.25) is 0 Å². The van der Waals surface area contributed by atoms with Gasteiger partial charge in [0.25, 0.3) is 10.0 Å². The van der Waals surface area contributed by atoms with Crippen LogP contribution in [-0.2, 0) is 10.0 Å². The van der Waals surface area contributed by atoms with Crippen molar-refractivity contribution < 1.29 is 23.1 Å². The second-order valence-corrected chi connectivity index (χ2v) is 9.51. The number of benzene rings is 4. The standard InChI is InChI=1S/C27H18N2O5S/c30-26-23-11-4-3-10-22(23)24(16-25(26)28-20-9-5-8-19(14-20)27(31)32)29-35(33,34)21-13-12-17-6-1-2-7-18(17)15-21/h1-16,28H,(H,31,32)/b29-24-. The number of carbonyl (C=O) groups excluding carboxylic acids is 1. The Morgan fingerprint density at radius 1 is 0.800 bits per heavy atom. The fraction of sp³-hybridized carbons (Fsp3) is 0. The van der Waals surface area contributed by atoms with Gasteiger partial charge >= 0.3 is 5.97 Å². The summed E-state index contributed by atoms with van der Waals surface area (Å²) in [7, 11) is -4.10. The fourth-order valence-corrected chi connectivity index (χ4v) is 4.92. The Kier molecular flexibility index (Phi) is 5.50. The molecule has 0 radical (unpaired) electrons. The lowest BCUT2D eigenvalue weighted by atomic mass is 9.92. The molecule has 0 amide bonds. The van der Waals surface area contributed by atoms with Crippen LogP contribution in [-0.4, -0.2) is 31.0 Å². The largest absolute Gasteiger partial charge is 0.478 e. The summed E-state index contributed by atoms with van der Waals surface area (Å²) in [5.41, 5.74) is 1.29. The van der Waals surface area contributed by atoms with Gasteiger partial charge < -0.3 is 10.4 Å². The van der Waals surface area contributed by atoms with Crippen LogP contribution in [0.5, 0.6) is 0 Å². The zero-order chi connectivity index (χ0) is 24.6. The van der Waals surface area contributed by atoms with E-state index in [2.05, 4.69) is 9.71 Å². The average Bonchev–Trinajstić information content (AvgIpc) is 2.86. The quantitative estimate of drug-likeness (QED) is 0.418. The van der Waals surface area contributed by atoms with Crippen molar-refractivity contribution in [3.63, 3.8) is 0 Å². The van der Waals surface area contributed by atoms with Crippen LogP contribution >= 0.6 is 0 Å². The molecule has 0 atom stereocenters. The Morgan fingerprint density at radius 2 is 1.51 bits per heavy atom. The summed E-state index contributed by atoms with van der Waals surface area (Å²) < 4.78 is 30.5. The molecule has 4 aromatic rings. The Hall–Kier alpha value is -4.56. The minimum absolute atomic E-state index is 0.0372. The Balaban J connectivity index is 1.60. The lowest BCUT2D eigenvalue weighted by molar-refractivity contribution is 0.0696. The van der Waals surface area contributed by atoms with Crippen molar-refractivity contribution in [2.45, 2.75) is 4.90 Å². The number of nitrogens with zero attached hydrogens (tertiary/aromatic N) is 1. The van der Waals surface area contributed by atoms with Crippen LogP contribution < -0.4 is 5.32 Å². The molecule has 1 aliphatic carbocycles. The van der Waals surface area contributed by atoms with Crippen LogP contribution in [0.15, 0.2) is 112 Å². The Labute approximate surface area is 201 Å². The number of carboxylic acids is 1. The zero-order valence-corrected chi connectivity index (χ0v) is 19.0. The number of rotatable bonds is 5. The molecule has 1 aliphatic rings. The third kappa shape index (κ3) is 4.34. The normalized spacial score (nSPS) is 14.5. The van der Waals surface area contributed by atoms with Gasteiger partial charge in [0.15, 0.2) is 0 Å². The van der Waals surface area contributed by atoms with Gasteiger partial charge in [0.05, 0.1) is 21.9 Å². The molecule has 0 fully saturated rings. The summed E-state index contributed by atoms with van der Waals surface area (Å²) in [6.45, 7) is 0. The first-order chi connectivity index (χ1) is 16.8. The number of allylic oxidation sites excluding steroid dienone is 2. The number of hydrogen-bond donors (Lipinski definition) is 2. The highest BCUT2D eigenvalue weighted by atomic mass is 32.2. The Morgan fingerprint density at radius 3 is 2.29 bits per heavy atom. The van der Waals surface area contributed by atoms with Gasteiger partial charge in [0, 0.05) is 16.8 Å². The van der Waals surface area contributed by atoms with Gasteiger partial charge in [-0.05, 0) is 47.2 Å². The van der Waals surface area contributed by atoms with Gasteiger partial charge in [0.2, 0.25) is 5.78 Å². The van der Waals surface area contributed by atoms with Gasteiger partial charge in [-0.3, -0.25) is 4.79 Å². The number of nitrogens with one attached hydrogen (secondary N) is 1. The van der Waals surface area contributed by atoms with Crippen LogP contribution in [0.25, 0.3) is 10.8 Å². The number of hydrogen-bond acceptors (Lipinski definition) is 5. The minimum atomic E-state index is -4.10. The fourth-order valence-electron chi connectivity index (χ4n) is 3.89. The average molecular weight is 483 g/mol. The SMILES string of the molecule is O=C(O)c1cccc(NC2=C/C(=N/S(=O)(=O)c3ccc4ccccc4c3)c3ccccc3C2=O)c1. The summed E-state index contributed by atoms with van der Waals surface area (Å²) in [5.74, 6) is -1.46. The van der Waals surface area contributed by atoms with Crippen molar-refractivity contribution in [3.8, 4) is 0 Å². The molecule has 0 spiro atoms. The number of sulfonamides is 1. The van der Waals surface area contributed by atoms with Crippen LogP contribution in [0, 0.1) is 0 Å². The highest BCUT2D eigenvalue weighted by molar-refractivity contribution is 7.90. The van der Waals surface area contributed by atoms with Crippen molar-refractivity contribution in [1.29, 1.82) is 0 Å². The monoisotopic (exact) mass is 482 g/mol. The number of fused-ring (bicyclic) bond motifs is 2. The van der Waals surface area contributed by atoms with Gasteiger partial charge in [-0.2, -0.15) is 12.8 Å². The predicted octanol–water partition coefficient (Wildman–Crippen LogP) is 4.91. The predicted molar refractivity (Wildman–Crippen MR) is 134 cm³/mol. The van der Waals surface area contributed by atoms with Crippen molar-refractivity contribution in [3.05, 3.63) is 119 Å². The first-order valence-corrected chi connectivity index (χ1v) is 12.1. The van der Waals surface area contributed by atoms with Gasteiger partial charge in [0.1, 0.15) is 0 Å². The molecule has 0 saturated carbocycles. The molecule has 0 aromatic heterocycles. The van der Waals surface area contributed by atoms with Gasteiger partial charge in [-0.1, -0.05) is 60.7 Å². The maximum Gasteiger partial charge on any atom is 0.335 e. The molecule has 8 heteroatoms. The zero-order valence-electron chi connectivity index (χ0n) is 18.2. The number of carbonyl (C=O) groups is 2. The van der Waals surface area contributed by atoms with E-state index in [0.29, 0.717) is 16.8 Å². The Bertz CT molecular complexity index is 1690. The maximum atomic E-state index is 13.2. The number of ketones is 1. The molecule has 0 bridgehead atoms. The maximum absolute atomic E-state index is 13.2. The van der Waals surface area contributed by atoms with Crippen molar-refractivity contribution >= 4 is 43.9 Å². The summed E-state index contributed by atoms with van der Waals surface area (Å²) in [5, 5.41) is 13.8. The lowest BCUT2D eigenvalue weighted by Crippen LogP contribution is -2.22. The molecule has 0 aliphatic heterocycles. The molecular weight excluding hydrogens is 464 g/mol. The molecule has 0 heterocycles. The molecular formula is C27H18N2O5S. The second kappa shape index (κ2) is 8.66. The smallest absolute Gasteiger partial charge is 0.335 e. The molecule has 172 valence electrons. The topological polar surface area (TPSA) is 113 Å². The van der Waals surface area contributed by atoms with E-state index in [4.69, 9.17) is 0 Å². The van der Waals surface area contributed by atoms with E-state index in [9.17, 15) is 23.1 Å². The van der Waals surface area contributed by atoms with Gasteiger partial charge in [-0.25, -0.2) is 4.79 Å². The van der Waals surface area contributed by atoms with E-state index >= 15 is 0 Å². The molecule has 2 N–H and O–H groups in total. The van der Waals surface area contributed by atoms with Crippen LogP contribution in [0.1, 0.15) is 26.3 Å². The molecule has 0 unspecified atom stereocenters. The third-order valence-corrected chi connectivity index (χ3v) is 6.89. The van der Waals surface area contributed by atoms with E-state index in [1.54, 1.807) is 48.5 Å². The first-order valence-electron chi connectivity index (χ1n) is 10.6. The highest BCUT2D eigenvalue weighted by Crippen LogP contribution is 2.26. The van der Waals surface area contributed by atoms with Crippen molar-refractivity contribution in [2.75, 3.05) is 5.32 Å². The number of carboxylic acid groups (broad SMARTS) is 1. The summed E-state index contributed by atoms with van der Waals surface area (Å²) in [4.78, 5) is 24.5. The third-order valence-electron chi connectivity index (χ3n) is 5.60. The number of anilines is 1. The minimum Gasteiger partial charge on any atom is -0.478 e. The summed E-state index contributed by atoms with van der Waals surface area (Å²) >= 11 is 0. The number of Topliss-reactive ketones (excluding diaryl/α,β-unsaturated/α-hetero) is 1. The van der Waals surface area contributed by atoms with Crippen LogP contribution in [0.3, 0.4) is 0 Å². The molecule has 4 aromatic carbocycles.